The lowest BCUT2D eigenvalue weighted by Gasteiger charge is -2.58. The van der Waals surface area contributed by atoms with Gasteiger partial charge in [0, 0.05) is 6.61 Å². The Morgan fingerprint density at radius 3 is 2.27 bits per heavy atom. The maximum absolute atomic E-state index is 10.2. The van der Waals surface area contributed by atoms with Gasteiger partial charge in [0.25, 0.3) is 0 Å². The fourth-order valence-electron chi connectivity index (χ4n) is 8.83. The lowest BCUT2D eigenvalue weighted by atomic mass is 9.47. The third kappa shape index (κ3) is 7.07. The van der Waals surface area contributed by atoms with Crippen molar-refractivity contribution in [1.82, 2.24) is 0 Å². The number of hydrogen-bond donors (Lipinski definition) is 2. The van der Waals surface area contributed by atoms with Crippen LogP contribution in [0, 0.1) is 52.3 Å². The molecule has 0 aromatic rings. The second-order valence-corrected chi connectivity index (χ2v) is 13.1. The van der Waals surface area contributed by atoms with Crippen molar-refractivity contribution in [2.24, 2.45) is 52.3 Å². The standard InChI is InChI=1S/C29H48O.C3H4O.C2H6O/c1-7-21(19(2)3)9-8-20(4)25-12-13-26-24-11-10-22-18-23(30)14-16-28(22,5)27(24)15-17-29(25,26)6;1-2-3-4;1-2-3/h8-10,19-21,23-27,30H,7,11-18H2,1-6H3;2-3H,1H2;3H,2H2,1H3/b9-8+;;/t20-,21?,23?,24?,25?,26?,27?,28?,29?;;/m1../s1. The summed E-state index contributed by atoms with van der Waals surface area (Å²) in [6.45, 7) is 19.8. The molecule has 3 heteroatoms. The molecule has 0 saturated heterocycles. The fraction of sp³-hybridized carbons (Fsp3) is 0.794. The predicted molar refractivity (Wildman–Crippen MR) is 157 cm³/mol. The molecule has 0 aliphatic heterocycles. The molecule has 3 nitrogen and oxygen atoms in total. The van der Waals surface area contributed by atoms with Crippen molar-refractivity contribution < 1.29 is 15.0 Å². The van der Waals surface area contributed by atoms with Crippen molar-refractivity contribution in [2.45, 2.75) is 112 Å². The zero-order valence-corrected chi connectivity index (χ0v) is 25.1. The van der Waals surface area contributed by atoms with Gasteiger partial charge in [0.05, 0.1) is 6.10 Å². The van der Waals surface area contributed by atoms with Crippen molar-refractivity contribution in [3.63, 3.8) is 0 Å². The summed E-state index contributed by atoms with van der Waals surface area (Å²) >= 11 is 0. The van der Waals surface area contributed by atoms with Crippen LogP contribution in [0.15, 0.2) is 36.5 Å². The molecular formula is C34H58O3. The third-order valence-corrected chi connectivity index (χ3v) is 10.9. The smallest absolute Gasteiger partial charge is 0.142 e. The summed E-state index contributed by atoms with van der Waals surface area (Å²) in [5.74, 6) is 5.70. The Morgan fingerprint density at radius 2 is 1.70 bits per heavy atom. The maximum atomic E-state index is 10.2. The van der Waals surface area contributed by atoms with Gasteiger partial charge in [0.15, 0.2) is 0 Å². The molecule has 8 unspecified atom stereocenters. The number of carbonyl (C=O) groups is 1. The van der Waals surface area contributed by atoms with E-state index in [1.165, 1.54) is 51.0 Å². The number of aldehydes is 1. The molecule has 4 aliphatic rings. The molecule has 2 N–H and O–H groups in total. The number of carbonyl (C=O) groups excluding carboxylic acids is 1. The number of hydrogen-bond acceptors (Lipinski definition) is 3. The van der Waals surface area contributed by atoms with Gasteiger partial charge in [-0.15, -0.1) is 0 Å². The number of rotatable bonds is 6. The van der Waals surface area contributed by atoms with Gasteiger partial charge in [-0.3, -0.25) is 4.79 Å². The highest BCUT2D eigenvalue weighted by atomic mass is 16.3. The van der Waals surface area contributed by atoms with Crippen LogP contribution in [0.3, 0.4) is 0 Å². The van der Waals surface area contributed by atoms with Crippen LogP contribution in [-0.2, 0) is 4.79 Å². The highest BCUT2D eigenvalue weighted by Gasteiger charge is 2.58. The van der Waals surface area contributed by atoms with Crippen LogP contribution in [-0.4, -0.2) is 29.2 Å². The van der Waals surface area contributed by atoms with Crippen LogP contribution < -0.4 is 0 Å². The Kier molecular flexibility index (Phi) is 12.3. The molecule has 4 aliphatic carbocycles. The molecule has 0 amide bonds. The Morgan fingerprint density at radius 1 is 1.05 bits per heavy atom. The maximum Gasteiger partial charge on any atom is 0.142 e. The zero-order chi connectivity index (χ0) is 27.8. The second kappa shape index (κ2) is 14.3. The van der Waals surface area contributed by atoms with E-state index in [0.717, 1.165) is 48.3 Å². The molecule has 0 radical (unpaired) electrons. The van der Waals surface area contributed by atoms with E-state index >= 15 is 0 Å². The first-order valence-corrected chi connectivity index (χ1v) is 15.3. The largest absolute Gasteiger partial charge is 0.397 e. The summed E-state index contributed by atoms with van der Waals surface area (Å²) in [7, 11) is 0. The van der Waals surface area contributed by atoms with Crippen LogP contribution in [0.2, 0.25) is 0 Å². The molecular weight excluding hydrogens is 456 g/mol. The molecule has 212 valence electrons. The number of allylic oxidation sites excluding steroid dienone is 4. The molecule has 0 spiro atoms. The zero-order valence-electron chi connectivity index (χ0n) is 25.1. The minimum absolute atomic E-state index is 0.0870. The lowest BCUT2D eigenvalue weighted by Crippen LogP contribution is -2.50. The summed E-state index contributed by atoms with van der Waals surface area (Å²) < 4.78 is 0. The molecule has 3 saturated carbocycles. The molecule has 0 bridgehead atoms. The lowest BCUT2D eigenvalue weighted by molar-refractivity contribution is -0.104. The first-order chi connectivity index (χ1) is 17.5. The Bertz CT molecular complexity index is 776. The monoisotopic (exact) mass is 514 g/mol. The van der Waals surface area contributed by atoms with Gasteiger partial charge >= 0.3 is 0 Å². The van der Waals surface area contributed by atoms with Gasteiger partial charge < -0.3 is 10.2 Å². The Balaban J connectivity index is 0.000000616. The summed E-state index contributed by atoms with van der Waals surface area (Å²) in [5.41, 5.74) is 2.51. The highest BCUT2D eigenvalue weighted by Crippen LogP contribution is 2.67. The van der Waals surface area contributed by atoms with Crippen molar-refractivity contribution in [3.8, 4) is 0 Å². The van der Waals surface area contributed by atoms with Crippen LogP contribution in [0.4, 0.5) is 0 Å². The quantitative estimate of drug-likeness (QED) is 0.213. The third-order valence-electron chi connectivity index (χ3n) is 10.9. The van der Waals surface area contributed by atoms with E-state index in [0.29, 0.717) is 23.0 Å². The van der Waals surface area contributed by atoms with Crippen LogP contribution in [0.5, 0.6) is 0 Å². The van der Waals surface area contributed by atoms with E-state index in [1.54, 1.807) is 12.5 Å². The van der Waals surface area contributed by atoms with Crippen LogP contribution >= 0.6 is 0 Å². The first kappa shape index (κ1) is 32.0. The Labute approximate surface area is 228 Å². The molecule has 4 rings (SSSR count). The van der Waals surface area contributed by atoms with E-state index in [1.807, 2.05) is 0 Å². The Hall–Kier alpha value is -1.19. The van der Waals surface area contributed by atoms with Gasteiger partial charge in [-0.1, -0.05) is 71.9 Å². The van der Waals surface area contributed by atoms with Crippen LogP contribution in [0.1, 0.15) is 106 Å². The van der Waals surface area contributed by atoms with Gasteiger partial charge in [0.1, 0.15) is 6.29 Å². The molecule has 3 fully saturated rings. The first-order valence-electron chi connectivity index (χ1n) is 15.3. The highest BCUT2D eigenvalue weighted by molar-refractivity contribution is 5.63. The molecule has 37 heavy (non-hydrogen) atoms. The molecule has 0 aromatic carbocycles. The summed E-state index contributed by atoms with van der Waals surface area (Å²) in [6, 6.07) is 0. The summed E-state index contributed by atoms with van der Waals surface area (Å²) in [6.07, 6.45) is 20.9. The van der Waals surface area contributed by atoms with Gasteiger partial charge in [-0.2, -0.15) is 0 Å². The minimum atomic E-state index is -0.0870. The van der Waals surface area contributed by atoms with E-state index < -0.39 is 0 Å². The summed E-state index contributed by atoms with van der Waals surface area (Å²) in [5, 5.41) is 17.8. The molecule has 0 heterocycles. The number of aliphatic hydroxyl groups is 2. The number of aliphatic hydroxyl groups excluding tert-OH is 2. The second-order valence-electron chi connectivity index (χ2n) is 13.1. The minimum Gasteiger partial charge on any atom is -0.397 e. The van der Waals surface area contributed by atoms with E-state index in [9.17, 15) is 5.11 Å². The van der Waals surface area contributed by atoms with E-state index in [4.69, 9.17) is 9.90 Å². The normalized spacial score (nSPS) is 38.0. The predicted octanol–water partition coefficient (Wildman–Crippen LogP) is 8.17. The van der Waals surface area contributed by atoms with E-state index in [-0.39, 0.29) is 12.7 Å². The molecule has 9 atom stereocenters. The molecule has 0 aromatic heterocycles. The average Bonchev–Trinajstić information content (AvgIpc) is 3.22. The topological polar surface area (TPSA) is 57.5 Å². The van der Waals surface area contributed by atoms with Gasteiger partial charge in [-0.25, -0.2) is 0 Å². The fourth-order valence-corrected chi connectivity index (χ4v) is 8.83. The summed E-state index contributed by atoms with van der Waals surface area (Å²) in [4.78, 5) is 9.06. The van der Waals surface area contributed by atoms with Gasteiger partial charge in [-0.05, 0) is 123 Å². The van der Waals surface area contributed by atoms with Crippen molar-refractivity contribution in [1.29, 1.82) is 0 Å². The average molecular weight is 515 g/mol. The number of fused-ring (bicyclic) bond motifs is 5. The van der Waals surface area contributed by atoms with Gasteiger partial charge in [0.2, 0.25) is 0 Å². The van der Waals surface area contributed by atoms with Crippen LogP contribution in [0.25, 0.3) is 0 Å². The van der Waals surface area contributed by atoms with Crippen molar-refractivity contribution in [2.75, 3.05) is 6.61 Å². The van der Waals surface area contributed by atoms with Crippen molar-refractivity contribution >= 4 is 6.29 Å². The SMILES string of the molecule is C=CC=O.CCC(/C=C/[C@@H](C)C1CCC2C3CC=C4CC(O)CCC4(C)C3CCC21C)C(C)C.CCO. The van der Waals surface area contributed by atoms with E-state index in [2.05, 4.69) is 66.3 Å². The van der Waals surface area contributed by atoms with Crippen molar-refractivity contribution in [3.05, 3.63) is 36.5 Å².